The van der Waals surface area contributed by atoms with Crippen molar-refractivity contribution in [3.63, 3.8) is 0 Å². The second kappa shape index (κ2) is 9.78. The number of pyridine rings is 1. The molecular formula is C29H24ClNO3. The first-order valence-electron chi connectivity index (χ1n) is 11.4. The van der Waals surface area contributed by atoms with Gasteiger partial charge in [0.25, 0.3) is 0 Å². The van der Waals surface area contributed by atoms with Crippen LogP contribution in [0, 0.1) is 5.92 Å². The van der Waals surface area contributed by atoms with Gasteiger partial charge in [-0.2, -0.15) is 0 Å². The second-order valence-electron chi connectivity index (χ2n) is 8.82. The molecule has 1 aliphatic carbocycles. The second-order valence-corrected chi connectivity index (χ2v) is 9.23. The highest BCUT2D eigenvalue weighted by molar-refractivity contribution is 6.31. The lowest BCUT2D eigenvalue weighted by atomic mass is 10.0. The van der Waals surface area contributed by atoms with E-state index in [1.807, 2.05) is 66.9 Å². The summed E-state index contributed by atoms with van der Waals surface area (Å²) >= 11 is 6.11. The number of carbonyl (C=O) groups is 2. The van der Waals surface area contributed by atoms with E-state index in [0.29, 0.717) is 11.4 Å². The number of hydrogen-bond acceptors (Lipinski definition) is 4. The molecule has 0 bridgehead atoms. The molecule has 170 valence electrons. The zero-order chi connectivity index (χ0) is 23.5. The van der Waals surface area contributed by atoms with Crippen molar-refractivity contribution in [1.29, 1.82) is 0 Å². The van der Waals surface area contributed by atoms with Crippen molar-refractivity contribution in [3.8, 4) is 0 Å². The summed E-state index contributed by atoms with van der Waals surface area (Å²) < 4.78 is 5.40. The van der Waals surface area contributed by atoms with Crippen LogP contribution in [-0.2, 0) is 33.8 Å². The highest BCUT2D eigenvalue weighted by Crippen LogP contribution is 2.48. The van der Waals surface area contributed by atoms with E-state index in [0.717, 1.165) is 39.4 Å². The lowest BCUT2D eigenvalue weighted by molar-refractivity contribution is -0.144. The summed E-state index contributed by atoms with van der Waals surface area (Å²) in [5.74, 6) is 0.326. The van der Waals surface area contributed by atoms with E-state index in [1.165, 1.54) is 0 Å². The molecule has 0 N–H and O–H groups in total. The number of esters is 1. The lowest BCUT2D eigenvalue weighted by Crippen LogP contribution is -2.08. The monoisotopic (exact) mass is 469 g/mol. The fraction of sp³-hybridized carbons (Fsp3) is 0.207. The van der Waals surface area contributed by atoms with Crippen LogP contribution in [0.1, 0.15) is 34.6 Å². The van der Waals surface area contributed by atoms with Crippen molar-refractivity contribution in [2.45, 2.75) is 31.8 Å². The number of hydrogen-bond donors (Lipinski definition) is 0. The molecule has 5 rings (SSSR count). The fourth-order valence-corrected chi connectivity index (χ4v) is 4.57. The van der Waals surface area contributed by atoms with Gasteiger partial charge >= 0.3 is 5.97 Å². The average Bonchev–Trinajstić information content (AvgIpc) is 3.66. The minimum absolute atomic E-state index is 0.0763. The topological polar surface area (TPSA) is 56.3 Å². The molecule has 0 unspecified atom stereocenters. The molecule has 3 aromatic carbocycles. The van der Waals surface area contributed by atoms with Gasteiger partial charge in [-0.3, -0.25) is 14.6 Å². The number of ketones is 1. The number of aromatic nitrogens is 1. The summed E-state index contributed by atoms with van der Waals surface area (Å²) in [7, 11) is 0. The molecule has 0 amide bonds. The minimum atomic E-state index is -0.310. The van der Waals surface area contributed by atoms with Crippen molar-refractivity contribution >= 4 is 34.1 Å². The van der Waals surface area contributed by atoms with Crippen molar-refractivity contribution in [3.05, 3.63) is 112 Å². The van der Waals surface area contributed by atoms with Crippen molar-refractivity contribution in [1.82, 2.24) is 4.98 Å². The van der Waals surface area contributed by atoms with Gasteiger partial charge in [0.15, 0.2) is 0 Å². The Morgan fingerprint density at radius 2 is 1.71 bits per heavy atom. The summed E-state index contributed by atoms with van der Waals surface area (Å²) in [5.41, 5.74) is 3.89. The minimum Gasteiger partial charge on any atom is -0.461 e. The highest BCUT2D eigenvalue weighted by atomic mass is 35.5. The third kappa shape index (κ3) is 5.18. The molecule has 1 fully saturated rings. The van der Waals surface area contributed by atoms with Gasteiger partial charge in [-0.15, -0.1) is 0 Å². The van der Waals surface area contributed by atoms with Gasteiger partial charge in [0.05, 0.1) is 6.42 Å². The Morgan fingerprint density at radius 3 is 2.53 bits per heavy atom. The maximum atomic E-state index is 12.8. The van der Waals surface area contributed by atoms with E-state index >= 15 is 0 Å². The molecule has 1 saturated carbocycles. The molecule has 0 radical (unpaired) electrons. The molecule has 2 atom stereocenters. The molecule has 1 aromatic heterocycles. The fourth-order valence-electron chi connectivity index (χ4n) is 4.37. The van der Waals surface area contributed by atoms with Gasteiger partial charge in [0.1, 0.15) is 12.4 Å². The molecule has 34 heavy (non-hydrogen) atoms. The van der Waals surface area contributed by atoms with Gasteiger partial charge in [-0.25, -0.2) is 0 Å². The van der Waals surface area contributed by atoms with Crippen LogP contribution in [0.4, 0.5) is 0 Å². The third-order valence-electron chi connectivity index (χ3n) is 6.39. The Kier molecular flexibility index (Phi) is 6.41. The van der Waals surface area contributed by atoms with Crippen LogP contribution in [-0.4, -0.2) is 16.7 Å². The van der Waals surface area contributed by atoms with E-state index < -0.39 is 0 Å². The molecular weight excluding hydrogens is 446 g/mol. The first-order valence-corrected chi connectivity index (χ1v) is 11.8. The first-order chi connectivity index (χ1) is 16.6. The van der Waals surface area contributed by atoms with Crippen molar-refractivity contribution in [2.24, 2.45) is 5.92 Å². The Labute approximate surface area is 203 Å². The molecule has 0 saturated heterocycles. The number of nitrogens with zero attached hydrogens (tertiary/aromatic N) is 1. The molecule has 0 aliphatic heterocycles. The molecule has 1 heterocycles. The molecule has 4 nitrogen and oxygen atoms in total. The predicted molar refractivity (Wildman–Crippen MR) is 133 cm³/mol. The van der Waals surface area contributed by atoms with Crippen LogP contribution in [0.2, 0.25) is 5.02 Å². The smallest absolute Gasteiger partial charge is 0.310 e. The van der Waals surface area contributed by atoms with E-state index in [1.54, 1.807) is 12.3 Å². The van der Waals surface area contributed by atoms with E-state index in [-0.39, 0.29) is 36.6 Å². The van der Waals surface area contributed by atoms with Crippen molar-refractivity contribution < 1.29 is 14.3 Å². The average molecular weight is 470 g/mol. The van der Waals surface area contributed by atoms with Crippen LogP contribution >= 0.6 is 11.6 Å². The Bertz CT molecular complexity index is 1350. The quantitative estimate of drug-likeness (QED) is 0.293. The van der Waals surface area contributed by atoms with Gasteiger partial charge < -0.3 is 4.74 Å². The Morgan fingerprint density at radius 1 is 0.912 bits per heavy atom. The van der Waals surface area contributed by atoms with E-state index in [2.05, 4.69) is 11.1 Å². The number of benzene rings is 3. The SMILES string of the molecule is O=C(Cc1ccccc1Cl)OCc1ccc([C@@H]2C[C@H]2C(=O)Cc2ccc3cnccc3c2)cc1. The van der Waals surface area contributed by atoms with Gasteiger partial charge in [-0.1, -0.05) is 72.3 Å². The summed E-state index contributed by atoms with van der Waals surface area (Å²) in [4.78, 5) is 29.1. The number of fused-ring (bicyclic) bond motifs is 1. The van der Waals surface area contributed by atoms with Crippen LogP contribution in [0.25, 0.3) is 10.8 Å². The number of halogens is 1. The summed E-state index contributed by atoms with van der Waals surface area (Å²) in [6, 6.07) is 23.4. The van der Waals surface area contributed by atoms with Crippen molar-refractivity contribution in [2.75, 3.05) is 0 Å². The van der Waals surface area contributed by atoms with Crippen LogP contribution in [0.15, 0.2) is 85.2 Å². The lowest BCUT2D eigenvalue weighted by Gasteiger charge is -2.07. The van der Waals surface area contributed by atoms with Crippen LogP contribution in [0.3, 0.4) is 0 Å². The molecule has 4 aromatic rings. The van der Waals surface area contributed by atoms with Crippen LogP contribution < -0.4 is 0 Å². The first kappa shape index (κ1) is 22.3. The molecule has 5 heteroatoms. The van der Waals surface area contributed by atoms with E-state index in [9.17, 15) is 9.59 Å². The van der Waals surface area contributed by atoms with Gasteiger partial charge in [-0.05, 0) is 52.1 Å². The summed E-state index contributed by atoms with van der Waals surface area (Å²) in [6.07, 6.45) is 5.11. The normalized spacial score (nSPS) is 16.9. The third-order valence-corrected chi connectivity index (χ3v) is 6.76. The standard InChI is InChI=1S/C29H24ClNO3/c30-27-4-2-1-3-23(27)15-29(33)34-18-19-5-8-21(9-6-19)25-16-26(25)28(32)14-20-7-10-24-17-31-12-11-22(24)13-20/h1-13,17,25-26H,14-16,18H2/t25-,26+/m0/s1. The van der Waals surface area contributed by atoms with Gasteiger partial charge in [0, 0.05) is 35.1 Å². The predicted octanol–water partition coefficient (Wildman–Crippen LogP) is 6.09. The van der Waals surface area contributed by atoms with Gasteiger partial charge in [0.2, 0.25) is 0 Å². The number of Topliss-reactive ketones (excluding diaryl/α,β-unsaturated/α-hetero) is 1. The summed E-state index contributed by atoms with van der Waals surface area (Å²) in [5, 5.41) is 2.75. The van der Waals surface area contributed by atoms with E-state index in [4.69, 9.17) is 16.3 Å². The largest absolute Gasteiger partial charge is 0.461 e. The summed E-state index contributed by atoms with van der Waals surface area (Å²) in [6.45, 7) is 0.216. The number of carbonyl (C=O) groups excluding carboxylic acids is 2. The zero-order valence-corrected chi connectivity index (χ0v) is 19.4. The maximum absolute atomic E-state index is 12.8. The maximum Gasteiger partial charge on any atom is 0.310 e. The van der Waals surface area contributed by atoms with Crippen LogP contribution in [0.5, 0.6) is 0 Å². The zero-order valence-electron chi connectivity index (χ0n) is 18.6. The molecule has 0 spiro atoms. The Balaban J connectivity index is 1.12. The number of rotatable bonds is 8. The Hall–Kier alpha value is -3.50. The molecule has 1 aliphatic rings. The number of ether oxygens (including phenoxy) is 1. The highest BCUT2D eigenvalue weighted by Gasteiger charge is 2.43.